The minimum absolute atomic E-state index is 0.0504. The zero-order valence-electron chi connectivity index (χ0n) is 10.4. The van der Waals surface area contributed by atoms with Crippen LogP contribution >= 0.6 is 12.2 Å². The monoisotopic (exact) mass is 266 g/mol. The van der Waals surface area contributed by atoms with Crippen LogP contribution in [0.3, 0.4) is 0 Å². The van der Waals surface area contributed by atoms with E-state index in [1.807, 2.05) is 31.2 Å². The summed E-state index contributed by atoms with van der Waals surface area (Å²) in [7, 11) is 0. The van der Waals surface area contributed by atoms with Crippen LogP contribution in [0.1, 0.15) is 18.9 Å². The fourth-order valence-corrected chi connectivity index (χ4v) is 1.61. The highest BCUT2D eigenvalue weighted by atomic mass is 32.1. The van der Waals surface area contributed by atoms with E-state index in [0.717, 1.165) is 11.3 Å². The van der Waals surface area contributed by atoms with Gasteiger partial charge in [0.2, 0.25) is 5.91 Å². The molecule has 0 saturated heterocycles. The number of ether oxygens (including phenoxy) is 1. The second-order valence-electron chi connectivity index (χ2n) is 3.84. The number of nitrogens with one attached hydrogen (secondary N) is 1. The van der Waals surface area contributed by atoms with Gasteiger partial charge in [0.1, 0.15) is 0 Å². The van der Waals surface area contributed by atoms with Crippen LogP contribution in [-0.4, -0.2) is 24.1 Å². The molecule has 0 atom stereocenters. The van der Waals surface area contributed by atoms with E-state index in [-0.39, 0.29) is 5.91 Å². The second-order valence-corrected chi connectivity index (χ2v) is 4.36. The lowest BCUT2D eigenvalue weighted by molar-refractivity contribution is -0.117. The molecule has 0 spiro atoms. The molecule has 0 aliphatic carbocycles. The van der Waals surface area contributed by atoms with E-state index in [0.29, 0.717) is 31.0 Å². The van der Waals surface area contributed by atoms with Crippen molar-refractivity contribution in [2.24, 2.45) is 5.73 Å². The molecule has 0 saturated carbocycles. The van der Waals surface area contributed by atoms with Crippen molar-refractivity contribution in [2.45, 2.75) is 19.8 Å². The number of carbonyl (C=O) groups excluding carboxylic acids is 1. The molecule has 5 heteroatoms. The van der Waals surface area contributed by atoms with Crippen molar-refractivity contribution in [1.29, 1.82) is 0 Å². The molecule has 0 unspecified atom stereocenters. The molecule has 98 valence electrons. The van der Waals surface area contributed by atoms with Crippen molar-refractivity contribution in [1.82, 2.24) is 0 Å². The fraction of sp³-hybridized carbons (Fsp3) is 0.385. The first-order valence-corrected chi connectivity index (χ1v) is 6.27. The van der Waals surface area contributed by atoms with Crippen molar-refractivity contribution in [2.75, 3.05) is 18.5 Å². The van der Waals surface area contributed by atoms with Crippen molar-refractivity contribution >= 4 is 28.8 Å². The highest BCUT2D eigenvalue weighted by molar-refractivity contribution is 7.80. The van der Waals surface area contributed by atoms with E-state index in [1.165, 1.54) is 0 Å². The van der Waals surface area contributed by atoms with Crippen molar-refractivity contribution in [3.8, 4) is 0 Å². The summed E-state index contributed by atoms with van der Waals surface area (Å²) in [6, 6.07) is 7.48. The Balaban J connectivity index is 2.43. The Morgan fingerprint density at radius 2 is 2.06 bits per heavy atom. The highest BCUT2D eigenvalue weighted by Gasteiger charge is 2.02. The number of hydrogen-bond acceptors (Lipinski definition) is 3. The Labute approximate surface area is 113 Å². The lowest BCUT2D eigenvalue weighted by Crippen LogP contribution is -2.14. The molecule has 0 heterocycles. The summed E-state index contributed by atoms with van der Waals surface area (Å²) in [5, 5.41) is 2.80. The van der Waals surface area contributed by atoms with Crippen LogP contribution in [0.25, 0.3) is 0 Å². The first-order chi connectivity index (χ1) is 8.61. The van der Waals surface area contributed by atoms with Crippen molar-refractivity contribution in [3.05, 3.63) is 29.8 Å². The van der Waals surface area contributed by atoms with Crippen LogP contribution < -0.4 is 11.1 Å². The van der Waals surface area contributed by atoms with Crippen molar-refractivity contribution in [3.63, 3.8) is 0 Å². The first kappa shape index (κ1) is 14.6. The zero-order chi connectivity index (χ0) is 13.4. The number of anilines is 1. The summed E-state index contributed by atoms with van der Waals surface area (Å²) in [5.74, 6) is -0.0504. The summed E-state index contributed by atoms with van der Waals surface area (Å²) in [6.07, 6.45) is 0.941. The number of thiocarbonyl (C=S) groups is 1. The summed E-state index contributed by atoms with van der Waals surface area (Å²) in [6.45, 7) is 2.97. The number of nitrogens with two attached hydrogens (primary N) is 1. The average molecular weight is 266 g/mol. The maximum atomic E-state index is 11.5. The van der Waals surface area contributed by atoms with Crippen LogP contribution in [0.2, 0.25) is 0 Å². The van der Waals surface area contributed by atoms with Gasteiger partial charge >= 0.3 is 0 Å². The Morgan fingerprint density at radius 3 is 2.61 bits per heavy atom. The van der Waals surface area contributed by atoms with Crippen LogP contribution in [0.5, 0.6) is 0 Å². The van der Waals surface area contributed by atoms with Gasteiger partial charge in [0.15, 0.2) is 0 Å². The van der Waals surface area contributed by atoms with Gasteiger partial charge in [-0.3, -0.25) is 4.79 Å². The smallest absolute Gasteiger partial charge is 0.226 e. The normalized spacial score (nSPS) is 10.1. The van der Waals surface area contributed by atoms with Gasteiger partial charge in [-0.15, -0.1) is 0 Å². The van der Waals surface area contributed by atoms with Crippen LogP contribution in [-0.2, 0) is 16.0 Å². The maximum Gasteiger partial charge on any atom is 0.226 e. The molecule has 0 aliphatic rings. The Kier molecular flexibility index (Phi) is 6.32. The van der Waals surface area contributed by atoms with Gasteiger partial charge in [0.05, 0.1) is 18.0 Å². The van der Waals surface area contributed by atoms with Crippen LogP contribution in [0.4, 0.5) is 5.69 Å². The fourth-order valence-electron chi connectivity index (χ4n) is 1.44. The van der Waals surface area contributed by atoms with Gasteiger partial charge in [-0.1, -0.05) is 24.4 Å². The van der Waals surface area contributed by atoms with Crippen molar-refractivity contribution < 1.29 is 9.53 Å². The second kappa shape index (κ2) is 7.79. The summed E-state index contributed by atoms with van der Waals surface area (Å²) >= 11 is 4.83. The largest absolute Gasteiger partial charge is 0.393 e. The molecule has 0 radical (unpaired) electrons. The molecule has 1 aromatic rings. The van der Waals surface area contributed by atoms with Gasteiger partial charge < -0.3 is 15.8 Å². The summed E-state index contributed by atoms with van der Waals surface area (Å²) < 4.78 is 5.12. The average Bonchev–Trinajstić information content (AvgIpc) is 2.31. The van der Waals surface area contributed by atoms with E-state index in [9.17, 15) is 4.79 Å². The standard InChI is InChI=1S/C13H18N2O2S/c1-2-17-8-7-13(16)15-11-5-3-10(4-6-11)9-12(14)18/h3-6H,2,7-9H2,1H3,(H2,14,18)(H,15,16). The van der Waals surface area contributed by atoms with Gasteiger partial charge in [-0.2, -0.15) is 0 Å². The third-order valence-electron chi connectivity index (χ3n) is 2.29. The molecule has 1 amide bonds. The van der Waals surface area contributed by atoms with E-state index < -0.39 is 0 Å². The Morgan fingerprint density at radius 1 is 1.39 bits per heavy atom. The van der Waals surface area contributed by atoms with E-state index in [4.69, 9.17) is 22.7 Å². The van der Waals surface area contributed by atoms with Crippen LogP contribution in [0.15, 0.2) is 24.3 Å². The Bertz CT molecular complexity index is 404. The van der Waals surface area contributed by atoms with E-state index in [1.54, 1.807) is 0 Å². The molecule has 0 aromatic heterocycles. The predicted molar refractivity (Wildman–Crippen MR) is 76.7 cm³/mol. The lowest BCUT2D eigenvalue weighted by atomic mass is 10.1. The number of hydrogen-bond donors (Lipinski definition) is 2. The lowest BCUT2D eigenvalue weighted by Gasteiger charge is -2.06. The molecule has 3 N–H and O–H groups in total. The third kappa shape index (κ3) is 5.75. The molecule has 4 nitrogen and oxygen atoms in total. The molecule has 0 fully saturated rings. The molecule has 0 aliphatic heterocycles. The van der Waals surface area contributed by atoms with E-state index in [2.05, 4.69) is 5.32 Å². The topological polar surface area (TPSA) is 64.3 Å². The SMILES string of the molecule is CCOCCC(=O)Nc1ccc(CC(N)=S)cc1. The van der Waals surface area contributed by atoms with Gasteiger partial charge in [-0.25, -0.2) is 0 Å². The first-order valence-electron chi connectivity index (χ1n) is 5.86. The predicted octanol–water partition coefficient (Wildman–Crippen LogP) is 1.88. The zero-order valence-corrected chi connectivity index (χ0v) is 11.3. The number of rotatable bonds is 7. The molecular weight excluding hydrogens is 248 g/mol. The highest BCUT2D eigenvalue weighted by Crippen LogP contribution is 2.10. The van der Waals surface area contributed by atoms with Gasteiger partial charge in [-0.05, 0) is 24.6 Å². The minimum Gasteiger partial charge on any atom is -0.393 e. The molecular formula is C13H18N2O2S. The maximum absolute atomic E-state index is 11.5. The van der Waals surface area contributed by atoms with Crippen LogP contribution in [0, 0.1) is 0 Å². The molecule has 18 heavy (non-hydrogen) atoms. The summed E-state index contributed by atoms with van der Waals surface area (Å²) in [5.41, 5.74) is 7.26. The molecule has 1 rings (SSSR count). The minimum atomic E-state index is -0.0504. The summed E-state index contributed by atoms with van der Waals surface area (Å²) in [4.78, 5) is 12.0. The quantitative estimate of drug-likeness (QED) is 0.584. The Hall–Kier alpha value is -1.46. The number of benzene rings is 1. The van der Waals surface area contributed by atoms with E-state index >= 15 is 0 Å². The molecule has 0 bridgehead atoms. The number of amides is 1. The molecule has 1 aromatic carbocycles. The third-order valence-corrected chi connectivity index (χ3v) is 2.44. The van der Waals surface area contributed by atoms with Gasteiger partial charge in [0.25, 0.3) is 0 Å². The van der Waals surface area contributed by atoms with Gasteiger partial charge in [0, 0.05) is 18.7 Å². The number of carbonyl (C=O) groups is 1.